The molecule has 1 rings (SSSR count). The Labute approximate surface area is 122 Å². The number of esters is 1. The molecular formula is C14H19NO4S. The van der Waals surface area contributed by atoms with Crippen molar-refractivity contribution in [2.45, 2.75) is 31.9 Å². The van der Waals surface area contributed by atoms with E-state index in [2.05, 4.69) is 0 Å². The van der Waals surface area contributed by atoms with E-state index < -0.39 is 4.92 Å². The summed E-state index contributed by atoms with van der Waals surface area (Å²) in [4.78, 5) is 22.4. The molecule has 20 heavy (non-hydrogen) atoms. The van der Waals surface area contributed by atoms with Gasteiger partial charge in [-0.25, -0.2) is 0 Å². The highest BCUT2D eigenvalue weighted by Crippen LogP contribution is 2.37. The van der Waals surface area contributed by atoms with Crippen LogP contribution in [0.25, 0.3) is 0 Å². The predicted molar refractivity (Wildman–Crippen MR) is 79.8 cm³/mol. The first-order chi connectivity index (χ1) is 9.60. The van der Waals surface area contributed by atoms with Crippen molar-refractivity contribution in [3.8, 4) is 0 Å². The van der Waals surface area contributed by atoms with Crippen molar-refractivity contribution >= 4 is 23.4 Å². The molecule has 0 N–H and O–H groups in total. The van der Waals surface area contributed by atoms with Gasteiger partial charge in [-0.1, -0.05) is 25.1 Å². The van der Waals surface area contributed by atoms with E-state index >= 15 is 0 Å². The molecule has 0 fully saturated rings. The number of hydrogen-bond acceptors (Lipinski definition) is 5. The lowest BCUT2D eigenvalue weighted by molar-refractivity contribution is -0.385. The van der Waals surface area contributed by atoms with Crippen LogP contribution in [0.1, 0.15) is 37.5 Å². The van der Waals surface area contributed by atoms with Crippen LogP contribution in [0.5, 0.6) is 0 Å². The third-order valence-corrected chi connectivity index (χ3v) is 4.13. The van der Waals surface area contributed by atoms with E-state index in [0.717, 1.165) is 12.2 Å². The molecule has 1 aromatic carbocycles. The molecule has 5 nitrogen and oxygen atoms in total. The SMILES string of the molecule is CCCSC(CC(=O)OCC)c1ccccc1[N+](=O)[O-]. The quantitative estimate of drug-likeness (QED) is 0.415. The van der Waals surface area contributed by atoms with Crippen LogP contribution in [-0.2, 0) is 9.53 Å². The fraction of sp³-hybridized carbons (Fsp3) is 0.500. The smallest absolute Gasteiger partial charge is 0.307 e. The van der Waals surface area contributed by atoms with Crippen LogP contribution < -0.4 is 0 Å². The summed E-state index contributed by atoms with van der Waals surface area (Å²) in [5.41, 5.74) is 0.648. The van der Waals surface area contributed by atoms with Crippen LogP contribution in [0.4, 0.5) is 5.69 Å². The molecule has 6 heteroatoms. The lowest BCUT2D eigenvalue weighted by atomic mass is 10.1. The molecule has 0 saturated carbocycles. The lowest BCUT2D eigenvalue weighted by Crippen LogP contribution is -2.10. The van der Waals surface area contributed by atoms with Crippen molar-refractivity contribution in [1.82, 2.24) is 0 Å². The van der Waals surface area contributed by atoms with Crippen LogP contribution in [0.3, 0.4) is 0 Å². The first-order valence-electron chi connectivity index (χ1n) is 6.60. The van der Waals surface area contributed by atoms with Gasteiger partial charge in [0.05, 0.1) is 18.0 Å². The van der Waals surface area contributed by atoms with E-state index in [4.69, 9.17) is 4.74 Å². The summed E-state index contributed by atoms with van der Waals surface area (Å²) in [5, 5.41) is 10.9. The maximum absolute atomic E-state index is 11.7. The zero-order chi connectivity index (χ0) is 15.0. The van der Waals surface area contributed by atoms with Gasteiger partial charge in [0.25, 0.3) is 5.69 Å². The largest absolute Gasteiger partial charge is 0.466 e. The van der Waals surface area contributed by atoms with E-state index in [-0.39, 0.29) is 23.3 Å². The van der Waals surface area contributed by atoms with Gasteiger partial charge in [0.15, 0.2) is 0 Å². The molecule has 0 bridgehead atoms. The van der Waals surface area contributed by atoms with Crippen molar-refractivity contribution in [3.63, 3.8) is 0 Å². The minimum Gasteiger partial charge on any atom is -0.466 e. The molecule has 0 aliphatic rings. The van der Waals surface area contributed by atoms with Crippen molar-refractivity contribution in [1.29, 1.82) is 0 Å². The molecule has 0 amide bonds. The highest BCUT2D eigenvalue weighted by Gasteiger charge is 2.24. The molecule has 0 spiro atoms. The normalized spacial score (nSPS) is 11.9. The minimum absolute atomic E-state index is 0.0606. The average molecular weight is 297 g/mol. The lowest BCUT2D eigenvalue weighted by Gasteiger charge is -2.16. The van der Waals surface area contributed by atoms with E-state index in [9.17, 15) is 14.9 Å². The van der Waals surface area contributed by atoms with Gasteiger partial charge < -0.3 is 4.74 Å². The summed E-state index contributed by atoms with van der Waals surface area (Å²) >= 11 is 1.56. The van der Waals surface area contributed by atoms with Crippen molar-refractivity contribution < 1.29 is 14.5 Å². The number of para-hydroxylation sites is 1. The molecule has 0 heterocycles. The van der Waals surface area contributed by atoms with Crippen molar-refractivity contribution in [3.05, 3.63) is 39.9 Å². The van der Waals surface area contributed by atoms with Crippen LogP contribution in [0, 0.1) is 10.1 Å². The monoisotopic (exact) mass is 297 g/mol. The topological polar surface area (TPSA) is 69.4 Å². The number of carbonyl (C=O) groups is 1. The third-order valence-electron chi connectivity index (χ3n) is 2.66. The Bertz CT molecular complexity index is 464. The molecule has 1 atom stereocenters. The second-order valence-electron chi connectivity index (χ2n) is 4.18. The fourth-order valence-electron chi connectivity index (χ4n) is 1.82. The maximum atomic E-state index is 11.7. The molecule has 0 aliphatic carbocycles. The number of rotatable bonds is 8. The molecule has 110 valence electrons. The number of ether oxygens (including phenoxy) is 1. The fourth-order valence-corrected chi connectivity index (χ4v) is 2.97. The standard InChI is InChI=1S/C14H19NO4S/c1-3-9-20-13(10-14(16)19-4-2)11-7-5-6-8-12(11)15(17)18/h5-8,13H,3-4,9-10H2,1-2H3. The second kappa shape index (κ2) is 8.58. The Morgan fingerprint density at radius 3 is 2.70 bits per heavy atom. The maximum Gasteiger partial charge on any atom is 0.307 e. The first kappa shape index (κ1) is 16.5. The summed E-state index contributed by atoms with van der Waals surface area (Å²) < 4.78 is 4.95. The van der Waals surface area contributed by atoms with Crippen molar-refractivity contribution in [2.75, 3.05) is 12.4 Å². The minimum atomic E-state index is -0.403. The number of nitrogens with zero attached hydrogens (tertiary/aromatic N) is 1. The summed E-state index contributed by atoms with van der Waals surface area (Å²) in [6.07, 6.45) is 1.11. The zero-order valence-electron chi connectivity index (χ0n) is 11.7. The molecule has 0 radical (unpaired) electrons. The Hall–Kier alpha value is -1.56. The van der Waals surface area contributed by atoms with Crippen LogP contribution in [0.2, 0.25) is 0 Å². The predicted octanol–water partition coefficient (Wildman–Crippen LogP) is 3.73. The zero-order valence-corrected chi connectivity index (χ0v) is 12.5. The van der Waals surface area contributed by atoms with Gasteiger partial charge >= 0.3 is 5.97 Å². The van der Waals surface area contributed by atoms with Gasteiger partial charge in [-0.05, 0) is 19.1 Å². The highest BCUT2D eigenvalue weighted by atomic mass is 32.2. The summed E-state index contributed by atoms with van der Waals surface area (Å²) in [6.45, 7) is 4.10. The van der Waals surface area contributed by atoms with Crippen LogP contribution in [-0.4, -0.2) is 23.3 Å². The van der Waals surface area contributed by atoms with Gasteiger partial charge in [-0.2, -0.15) is 11.8 Å². The van der Waals surface area contributed by atoms with E-state index in [1.54, 1.807) is 36.9 Å². The molecule has 0 saturated heterocycles. The number of nitro benzene ring substituents is 1. The third kappa shape index (κ3) is 4.85. The second-order valence-corrected chi connectivity index (χ2v) is 5.50. The number of hydrogen-bond donors (Lipinski definition) is 0. The van der Waals surface area contributed by atoms with Gasteiger partial charge in [0.1, 0.15) is 0 Å². The first-order valence-corrected chi connectivity index (χ1v) is 7.65. The molecule has 1 aromatic rings. The number of nitro groups is 1. The Morgan fingerprint density at radius 2 is 2.10 bits per heavy atom. The Kier molecular flexibility index (Phi) is 7.08. The highest BCUT2D eigenvalue weighted by molar-refractivity contribution is 7.99. The average Bonchev–Trinajstić information content (AvgIpc) is 2.43. The number of carbonyl (C=O) groups excluding carboxylic acids is 1. The molecule has 0 aliphatic heterocycles. The van der Waals surface area contributed by atoms with E-state index in [1.807, 2.05) is 6.92 Å². The summed E-state index contributed by atoms with van der Waals surface area (Å²) in [5.74, 6) is 0.523. The Balaban J connectivity index is 2.97. The van der Waals surface area contributed by atoms with Gasteiger partial charge in [0, 0.05) is 16.9 Å². The van der Waals surface area contributed by atoms with Crippen molar-refractivity contribution in [2.24, 2.45) is 0 Å². The molecule has 1 unspecified atom stereocenters. The van der Waals surface area contributed by atoms with Crippen LogP contribution in [0.15, 0.2) is 24.3 Å². The summed E-state index contributed by atoms with van der Waals surface area (Å²) in [7, 11) is 0. The van der Waals surface area contributed by atoms with Crippen LogP contribution >= 0.6 is 11.8 Å². The number of benzene rings is 1. The van der Waals surface area contributed by atoms with Gasteiger partial charge in [-0.15, -0.1) is 0 Å². The Morgan fingerprint density at radius 1 is 1.40 bits per heavy atom. The summed E-state index contributed by atoms with van der Waals surface area (Å²) in [6, 6.07) is 6.57. The molecule has 0 aromatic heterocycles. The van der Waals surface area contributed by atoms with Gasteiger partial charge in [-0.3, -0.25) is 14.9 Å². The van der Waals surface area contributed by atoms with E-state index in [1.165, 1.54) is 6.07 Å². The number of thioether (sulfide) groups is 1. The molecular weight excluding hydrogens is 278 g/mol. The van der Waals surface area contributed by atoms with Gasteiger partial charge in [0.2, 0.25) is 0 Å². The van der Waals surface area contributed by atoms with E-state index in [0.29, 0.717) is 12.2 Å².